The first-order valence-electron chi connectivity index (χ1n) is 10.4. The lowest BCUT2D eigenvalue weighted by Gasteiger charge is -2.38. The van der Waals surface area contributed by atoms with Gasteiger partial charge in [0.2, 0.25) is 0 Å². The molecule has 4 aromatic rings. The molecule has 0 saturated carbocycles. The molecule has 5 rings (SSSR count). The number of H-pyrrole nitrogens is 1. The number of pyridine rings is 3. The third-order valence-electron chi connectivity index (χ3n) is 5.98. The largest absolute Gasteiger partial charge is 0.493 e. The van der Waals surface area contributed by atoms with E-state index in [-0.39, 0.29) is 0 Å². The summed E-state index contributed by atoms with van der Waals surface area (Å²) in [5, 5.41) is 2.20. The van der Waals surface area contributed by atoms with Crippen LogP contribution in [0.25, 0.3) is 33.2 Å². The van der Waals surface area contributed by atoms with Crippen LogP contribution in [0.1, 0.15) is 13.8 Å². The van der Waals surface area contributed by atoms with Crippen molar-refractivity contribution in [2.45, 2.75) is 19.9 Å². The Hall–Kier alpha value is -3.19. The Bertz CT molecular complexity index is 1180. The minimum Gasteiger partial charge on any atom is -0.493 e. The molecule has 0 amide bonds. The number of rotatable bonds is 4. The van der Waals surface area contributed by atoms with Crippen molar-refractivity contribution >= 4 is 27.6 Å². The number of fused-ring (bicyclic) bond motifs is 3. The number of hydrogen-bond donors (Lipinski definition) is 1. The van der Waals surface area contributed by atoms with E-state index in [9.17, 15) is 0 Å². The van der Waals surface area contributed by atoms with Crippen LogP contribution in [0.4, 0.5) is 5.69 Å². The molecule has 7 heteroatoms. The molecular weight excluding hydrogens is 376 g/mol. The molecular formula is C23H26N6O. The number of hydrogen-bond acceptors (Lipinski definition) is 6. The lowest BCUT2D eigenvalue weighted by Crippen LogP contribution is -2.49. The second-order valence-corrected chi connectivity index (χ2v) is 8.00. The summed E-state index contributed by atoms with van der Waals surface area (Å²) in [7, 11) is 1.72. The number of methoxy groups -OCH3 is 1. The van der Waals surface area contributed by atoms with Crippen molar-refractivity contribution in [1.82, 2.24) is 24.8 Å². The first-order chi connectivity index (χ1) is 14.7. The van der Waals surface area contributed by atoms with Gasteiger partial charge in [-0.25, -0.2) is 4.98 Å². The maximum Gasteiger partial charge on any atom is 0.161 e. The quantitative estimate of drug-likeness (QED) is 0.561. The number of piperazine rings is 1. The van der Waals surface area contributed by atoms with Crippen molar-refractivity contribution in [3.05, 3.63) is 43.0 Å². The van der Waals surface area contributed by atoms with Crippen molar-refractivity contribution in [2.75, 3.05) is 38.2 Å². The molecule has 7 nitrogen and oxygen atoms in total. The maximum atomic E-state index is 5.76. The van der Waals surface area contributed by atoms with E-state index in [0.717, 1.165) is 70.8 Å². The second kappa shape index (κ2) is 7.57. The highest BCUT2D eigenvalue weighted by atomic mass is 16.5. The molecule has 0 aromatic carbocycles. The van der Waals surface area contributed by atoms with E-state index in [2.05, 4.69) is 49.6 Å². The fraction of sp³-hybridized carbons (Fsp3) is 0.348. The van der Waals surface area contributed by atoms with E-state index in [1.807, 2.05) is 30.7 Å². The monoisotopic (exact) mass is 402 g/mol. The maximum absolute atomic E-state index is 5.76. The van der Waals surface area contributed by atoms with E-state index in [1.54, 1.807) is 13.3 Å². The van der Waals surface area contributed by atoms with Gasteiger partial charge in [0.1, 0.15) is 5.65 Å². The third kappa shape index (κ3) is 3.15. The second-order valence-electron chi connectivity index (χ2n) is 8.00. The summed E-state index contributed by atoms with van der Waals surface area (Å²) < 4.78 is 5.76. The van der Waals surface area contributed by atoms with E-state index in [1.165, 1.54) is 0 Å². The van der Waals surface area contributed by atoms with Gasteiger partial charge in [0.15, 0.2) is 5.75 Å². The van der Waals surface area contributed by atoms with Crippen LogP contribution in [0.3, 0.4) is 0 Å². The molecule has 0 bridgehead atoms. The van der Waals surface area contributed by atoms with Gasteiger partial charge < -0.3 is 14.6 Å². The van der Waals surface area contributed by atoms with Crippen molar-refractivity contribution in [2.24, 2.45) is 0 Å². The van der Waals surface area contributed by atoms with Gasteiger partial charge in [-0.15, -0.1) is 0 Å². The highest BCUT2D eigenvalue weighted by Crippen LogP contribution is 2.40. The fourth-order valence-corrected chi connectivity index (χ4v) is 4.32. The van der Waals surface area contributed by atoms with Crippen LogP contribution in [0.2, 0.25) is 0 Å². The lowest BCUT2D eigenvalue weighted by molar-refractivity contribution is 0.209. The molecule has 5 heterocycles. The molecule has 1 N–H and O–H groups in total. The average Bonchev–Trinajstić information content (AvgIpc) is 3.17. The summed E-state index contributed by atoms with van der Waals surface area (Å²) in [4.78, 5) is 21.9. The van der Waals surface area contributed by atoms with Crippen molar-refractivity contribution in [3.8, 4) is 17.0 Å². The first-order valence-corrected chi connectivity index (χ1v) is 10.4. The van der Waals surface area contributed by atoms with Crippen molar-refractivity contribution in [3.63, 3.8) is 0 Å². The zero-order valence-electron chi connectivity index (χ0n) is 17.6. The predicted octanol–water partition coefficient (Wildman–Crippen LogP) is 3.71. The molecule has 1 aliphatic rings. The van der Waals surface area contributed by atoms with Gasteiger partial charge in [0.25, 0.3) is 0 Å². The van der Waals surface area contributed by atoms with Gasteiger partial charge in [-0.1, -0.05) is 0 Å². The standard InChI is InChI=1S/C23H26N6O/c1-15(2)28-7-9-29(10-8-28)22-20(30-3)14-26-23-21(22)17-11-18(25-13-19(17)27-23)16-5-4-6-24-12-16/h4-6,11-15H,7-10H2,1-3H3,(H,26,27). The Labute approximate surface area is 175 Å². The molecule has 0 spiro atoms. The lowest BCUT2D eigenvalue weighted by atomic mass is 10.1. The van der Waals surface area contributed by atoms with Gasteiger partial charge in [-0.3, -0.25) is 14.9 Å². The van der Waals surface area contributed by atoms with Crippen LogP contribution in [0.5, 0.6) is 5.75 Å². The van der Waals surface area contributed by atoms with Gasteiger partial charge in [0, 0.05) is 55.6 Å². The normalized spacial score (nSPS) is 15.4. The number of aromatic nitrogens is 4. The van der Waals surface area contributed by atoms with Crippen LogP contribution in [-0.2, 0) is 0 Å². The summed E-state index contributed by atoms with van der Waals surface area (Å²) in [5.41, 5.74) is 4.84. The molecule has 1 fully saturated rings. The van der Waals surface area contributed by atoms with Gasteiger partial charge in [0.05, 0.1) is 41.8 Å². The van der Waals surface area contributed by atoms with Gasteiger partial charge in [-0.2, -0.15) is 0 Å². The topological polar surface area (TPSA) is 70.2 Å². The van der Waals surface area contributed by atoms with E-state index < -0.39 is 0 Å². The molecule has 0 radical (unpaired) electrons. The molecule has 154 valence electrons. The Balaban J connectivity index is 1.67. The highest BCUT2D eigenvalue weighted by Gasteiger charge is 2.25. The SMILES string of the molecule is COc1cnc2[nH]c3cnc(-c4cccnc4)cc3c2c1N1CCN(C(C)C)CC1. The van der Waals surface area contributed by atoms with Crippen LogP contribution in [0, 0.1) is 0 Å². The summed E-state index contributed by atoms with van der Waals surface area (Å²) in [5.74, 6) is 0.807. The summed E-state index contributed by atoms with van der Waals surface area (Å²) in [6.45, 7) is 8.51. The number of anilines is 1. The molecule has 0 atom stereocenters. The Morgan fingerprint density at radius 2 is 1.90 bits per heavy atom. The fourth-order valence-electron chi connectivity index (χ4n) is 4.32. The van der Waals surface area contributed by atoms with Crippen molar-refractivity contribution < 1.29 is 4.74 Å². The predicted molar refractivity (Wildman–Crippen MR) is 120 cm³/mol. The van der Waals surface area contributed by atoms with Crippen LogP contribution in [0.15, 0.2) is 43.0 Å². The van der Waals surface area contributed by atoms with Crippen LogP contribution < -0.4 is 9.64 Å². The zero-order valence-corrected chi connectivity index (χ0v) is 17.6. The van der Waals surface area contributed by atoms with Gasteiger partial charge in [-0.05, 0) is 32.0 Å². The summed E-state index contributed by atoms with van der Waals surface area (Å²) in [6, 6.07) is 6.65. The summed E-state index contributed by atoms with van der Waals surface area (Å²) >= 11 is 0. The number of aromatic amines is 1. The van der Waals surface area contributed by atoms with E-state index in [4.69, 9.17) is 4.74 Å². The minimum atomic E-state index is 0.563. The highest BCUT2D eigenvalue weighted by molar-refractivity contribution is 6.14. The van der Waals surface area contributed by atoms with E-state index >= 15 is 0 Å². The average molecular weight is 403 g/mol. The van der Waals surface area contributed by atoms with Gasteiger partial charge >= 0.3 is 0 Å². The smallest absolute Gasteiger partial charge is 0.161 e. The van der Waals surface area contributed by atoms with Crippen molar-refractivity contribution in [1.29, 1.82) is 0 Å². The Morgan fingerprint density at radius 1 is 1.07 bits per heavy atom. The number of nitrogens with one attached hydrogen (secondary N) is 1. The molecule has 1 saturated heterocycles. The van der Waals surface area contributed by atoms with E-state index in [0.29, 0.717) is 6.04 Å². The molecule has 30 heavy (non-hydrogen) atoms. The van der Waals surface area contributed by atoms with Crippen LogP contribution >= 0.6 is 0 Å². The zero-order chi connectivity index (χ0) is 20.7. The molecule has 0 unspecified atom stereocenters. The minimum absolute atomic E-state index is 0.563. The summed E-state index contributed by atoms with van der Waals surface area (Å²) in [6.07, 6.45) is 7.31. The molecule has 0 aliphatic carbocycles. The number of ether oxygens (including phenoxy) is 1. The third-order valence-corrected chi connectivity index (χ3v) is 5.98. The molecule has 1 aliphatic heterocycles. The first kappa shape index (κ1) is 18.8. The van der Waals surface area contributed by atoms with Crippen LogP contribution in [-0.4, -0.2) is 64.2 Å². The molecule has 4 aromatic heterocycles. The number of nitrogens with zero attached hydrogens (tertiary/aromatic N) is 5. The Morgan fingerprint density at radius 3 is 2.60 bits per heavy atom. The Kier molecular flexibility index (Phi) is 4.75.